The van der Waals surface area contributed by atoms with Crippen molar-refractivity contribution < 1.29 is 14.1 Å². The summed E-state index contributed by atoms with van der Waals surface area (Å²) in [5.41, 5.74) is 0.990. The van der Waals surface area contributed by atoms with Gasteiger partial charge in [0, 0.05) is 5.56 Å². The van der Waals surface area contributed by atoms with Gasteiger partial charge in [-0.3, -0.25) is 0 Å². The lowest BCUT2D eigenvalue weighted by molar-refractivity contribution is -0.390. The summed E-state index contributed by atoms with van der Waals surface area (Å²) in [4.78, 5) is 14.1. The fraction of sp³-hybridized carbons (Fsp3) is 0.0833. The van der Waals surface area contributed by atoms with Crippen LogP contribution in [0.5, 0.6) is 5.75 Å². The number of aromatic nitrogens is 1. The molecule has 0 aliphatic heterocycles. The summed E-state index contributed by atoms with van der Waals surface area (Å²) < 4.78 is 17.6. The van der Waals surface area contributed by atoms with Gasteiger partial charge in [-0.25, -0.2) is 4.39 Å². The summed E-state index contributed by atoms with van der Waals surface area (Å²) in [6.07, 6.45) is 0. The summed E-state index contributed by atoms with van der Waals surface area (Å²) in [5, 5.41) is 10.8. The molecule has 6 heteroatoms. The Morgan fingerprint density at radius 3 is 2.44 bits per heavy atom. The highest BCUT2D eigenvalue weighted by Gasteiger charge is 2.18. The molecule has 1 heterocycles. The van der Waals surface area contributed by atoms with Crippen molar-refractivity contribution in [3.63, 3.8) is 0 Å². The zero-order valence-corrected chi connectivity index (χ0v) is 9.46. The fourth-order valence-corrected chi connectivity index (χ4v) is 1.51. The number of pyridine rings is 1. The lowest BCUT2D eigenvalue weighted by atomic mass is 10.1. The summed E-state index contributed by atoms with van der Waals surface area (Å²) >= 11 is 0. The molecule has 5 nitrogen and oxygen atoms in total. The van der Waals surface area contributed by atoms with Gasteiger partial charge in [0.15, 0.2) is 5.69 Å². The van der Waals surface area contributed by atoms with Crippen LogP contribution in [-0.4, -0.2) is 17.0 Å². The third kappa shape index (κ3) is 2.27. The van der Waals surface area contributed by atoms with Gasteiger partial charge in [-0.05, 0) is 46.3 Å². The van der Waals surface area contributed by atoms with Crippen LogP contribution in [0.2, 0.25) is 0 Å². The van der Waals surface area contributed by atoms with Crippen molar-refractivity contribution in [3.8, 4) is 17.0 Å². The quantitative estimate of drug-likeness (QED) is 0.618. The number of ether oxygens (including phenoxy) is 1. The highest BCUT2D eigenvalue weighted by Crippen LogP contribution is 2.28. The van der Waals surface area contributed by atoms with Crippen LogP contribution in [0.15, 0.2) is 36.4 Å². The normalized spacial score (nSPS) is 10.1. The summed E-state index contributed by atoms with van der Waals surface area (Å²) in [7, 11) is 1.33. The number of hydrogen-bond donors (Lipinski definition) is 0. The molecule has 2 aromatic rings. The lowest BCUT2D eigenvalue weighted by Crippen LogP contribution is -1.98. The zero-order chi connectivity index (χ0) is 13.1. The van der Waals surface area contributed by atoms with E-state index in [0.29, 0.717) is 11.3 Å². The third-order valence-electron chi connectivity index (χ3n) is 2.37. The van der Waals surface area contributed by atoms with Crippen molar-refractivity contribution in [2.45, 2.75) is 0 Å². The SMILES string of the molecule is COc1ccc(-c2ccc(F)cc2)nc1[N+](=O)[O-]. The second kappa shape index (κ2) is 4.79. The Hall–Kier alpha value is -2.50. The van der Waals surface area contributed by atoms with E-state index in [1.165, 1.54) is 37.4 Å². The van der Waals surface area contributed by atoms with E-state index in [1.807, 2.05) is 0 Å². The van der Waals surface area contributed by atoms with E-state index < -0.39 is 4.92 Å². The van der Waals surface area contributed by atoms with Crippen molar-refractivity contribution in [3.05, 3.63) is 52.3 Å². The Balaban J connectivity index is 2.49. The molecular weight excluding hydrogens is 239 g/mol. The number of nitro groups is 1. The first kappa shape index (κ1) is 12.0. The molecule has 0 N–H and O–H groups in total. The maximum absolute atomic E-state index is 12.8. The smallest absolute Gasteiger partial charge is 0.406 e. The Bertz CT molecular complexity index is 584. The molecule has 1 aromatic heterocycles. The lowest BCUT2D eigenvalue weighted by Gasteiger charge is -2.02. The van der Waals surface area contributed by atoms with E-state index in [-0.39, 0.29) is 17.4 Å². The molecular formula is C12H9FN2O3. The second-order valence-electron chi connectivity index (χ2n) is 3.49. The van der Waals surface area contributed by atoms with Gasteiger partial charge >= 0.3 is 5.82 Å². The molecule has 2 rings (SSSR count). The van der Waals surface area contributed by atoms with Crippen molar-refractivity contribution in [2.24, 2.45) is 0 Å². The topological polar surface area (TPSA) is 65.3 Å². The van der Waals surface area contributed by atoms with Crippen LogP contribution in [-0.2, 0) is 0 Å². The number of halogens is 1. The number of benzene rings is 1. The van der Waals surface area contributed by atoms with Gasteiger partial charge in [-0.2, -0.15) is 0 Å². The number of rotatable bonds is 3. The van der Waals surface area contributed by atoms with Gasteiger partial charge < -0.3 is 14.9 Å². The first-order valence-corrected chi connectivity index (χ1v) is 5.07. The standard InChI is InChI=1S/C12H9FN2O3/c1-18-11-7-6-10(14-12(11)15(16)17)8-2-4-9(13)5-3-8/h2-7H,1H3. The molecule has 0 bridgehead atoms. The number of hydrogen-bond acceptors (Lipinski definition) is 4. The second-order valence-corrected chi connectivity index (χ2v) is 3.49. The van der Waals surface area contributed by atoms with E-state index in [4.69, 9.17) is 4.74 Å². The average Bonchev–Trinajstić information content (AvgIpc) is 2.39. The Labute approximate surface area is 102 Å². The van der Waals surface area contributed by atoms with E-state index in [2.05, 4.69) is 4.98 Å². The first-order chi connectivity index (χ1) is 8.61. The van der Waals surface area contributed by atoms with Gasteiger partial charge in [0.05, 0.1) is 7.11 Å². The molecule has 92 valence electrons. The zero-order valence-electron chi connectivity index (χ0n) is 9.46. The van der Waals surface area contributed by atoms with E-state index in [9.17, 15) is 14.5 Å². The summed E-state index contributed by atoms with van der Waals surface area (Å²) in [6, 6.07) is 8.60. The predicted octanol–water partition coefficient (Wildman–Crippen LogP) is 2.80. The van der Waals surface area contributed by atoms with E-state index >= 15 is 0 Å². The fourth-order valence-electron chi connectivity index (χ4n) is 1.51. The van der Waals surface area contributed by atoms with Gasteiger partial charge in [-0.1, -0.05) is 0 Å². The molecule has 0 saturated carbocycles. The van der Waals surface area contributed by atoms with Crippen molar-refractivity contribution in [1.82, 2.24) is 4.98 Å². The van der Waals surface area contributed by atoms with Crippen LogP contribution in [0.1, 0.15) is 0 Å². The molecule has 0 amide bonds. The minimum atomic E-state index is -0.619. The Kier molecular flexibility index (Phi) is 3.18. The first-order valence-electron chi connectivity index (χ1n) is 5.07. The highest BCUT2D eigenvalue weighted by atomic mass is 19.1. The molecule has 0 unspecified atom stereocenters. The van der Waals surface area contributed by atoms with Crippen molar-refractivity contribution in [1.29, 1.82) is 0 Å². The minimum Gasteiger partial charge on any atom is -0.489 e. The van der Waals surface area contributed by atoms with Crippen molar-refractivity contribution >= 4 is 5.82 Å². The monoisotopic (exact) mass is 248 g/mol. The predicted molar refractivity (Wildman–Crippen MR) is 62.8 cm³/mol. The molecule has 0 aliphatic rings. The molecule has 0 aliphatic carbocycles. The molecule has 0 radical (unpaired) electrons. The van der Waals surface area contributed by atoms with Crippen molar-refractivity contribution in [2.75, 3.05) is 7.11 Å². The minimum absolute atomic E-state index is 0.0888. The molecule has 0 atom stereocenters. The Morgan fingerprint density at radius 2 is 1.89 bits per heavy atom. The maximum atomic E-state index is 12.8. The largest absolute Gasteiger partial charge is 0.489 e. The van der Waals surface area contributed by atoms with Crippen LogP contribution in [0.4, 0.5) is 10.2 Å². The molecule has 18 heavy (non-hydrogen) atoms. The molecule has 0 fully saturated rings. The number of methoxy groups -OCH3 is 1. The summed E-state index contributed by atoms with van der Waals surface area (Å²) in [5.74, 6) is -0.646. The molecule has 0 spiro atoms. The van der Waals surface area contributed by atoms with E-state index in [0.717, 1.165) is 0 Å². The molecule has 1 aromatic carbocycles. The average molecular weight is 248 g/mol. The summed E-state index contributed by atoms with van der Waals surface area (Å²) in [6.45, 7) is 0. The number of nitrogens with zero attached hydrogens (tertiary/aromatic N) is 2. The van der Waals surface area contributed by atoms with Gasteiger partial charge in [0.2, 0.25) is 5.75 Å². The van der Waals surface area contributed by atoms with Gasteiger partial charge in [0.25, 0.3) is 0 Å². The van der Waals surface area contributed by atoms with Gasteiger partial charge in [-0.15, -0.1) is 0 Å². The van der Waals surface area contributed by atoms with Crippen LogP contribution in [0, 0.1) is 15.9 Å². The van der Waals surface area contributed by atoms with Gasteiger partial charge in [0.1, 0.15) is 5.82 Å². The van der Waals surface area contributed by atoms with Crippen LogP contribution in [0.3, 0.4) is 0 Å². The maximum Gasteiger partial charge on any atom is 0.406 e. The molecule has 0 saturated heterocycles. The third-order valence-corrected chi connectivity index (χ3v) is 2.37. The van der Waals surface area contributed by atoms with Crippen LogP contribution in [0.25, 0.3) is 11.3 Å². The Morgan fingerprint density at radius 1 is 1.22 bits per heavy atom. The van der Waals surface area contributed by atoms with Crippen LogP contribution >= 0.6 is 0 Å². The highest BCUT2D eigenvalue weighted by molar-refractivity contribution is 5.62. The van der Waals surface area contributed by atoms with E-state index in [1.54, 1.807) is 6.07 Å². The van der Waals surface area contributed by atoms with Crippen LogP contribution < -0.4 is 4.74 Å².